The fourth-order valence-electron chi connectivity index (χ4n) is 3.03. The lowest BCUT2D eigenvalue weighted by Crippen LogP contribution is -2.29. The monoisotopic (exact) mass is 536 g/mol. The second-order valence-electron chi connectivity index (χ2n) is 7.19. The standard InChI is InChI=1S/C21H20N4O7S3/c26-17(23-20-22-7-9-34-20)12-32-15-6-5-14(25(30)31)10-13(15)11-16-19(29)24(21(33)35-16)8-3-1-2-4-18(27)28/h5-7,9-11H,1-4,8,12H2,(H,27,28)(H,22,23,26). The van der Waals surface area contributed by atoms with Crippen molar-refractivity contribution >= 4 is 74.3 Å². The van der Waals surface area contributed by atoms with E-state index in [0.717, 1.165) is 11.8 Å². The number of carbonyl (C=O) groups is 3. The van der Waals surface area contributed by atoms with Crippen LogP contribution in [0.2, 0.25) is 0 Å². The number of thiocarbonyl (C=S) groups is 1. The average Bonchev–Trinajstić information content (AvgIpc) is 3.40. The molecule has 1 aliphatic heterocycles. The summed E-state index contributed by atoms with van der Waals surface area (Å²) in [5.74, 6) is -1.49. The number of nitro groups is 1. The molecule has 184 valence electrons. The Balaban J connectivity index is 1.71. The number of ether oxygens (including phenoxy) is 1. The van der Waals surface area contributed by atoms with Crippen LogP contribution < -0.4 is 10.1 Å². The Hall–Kier alpha value is -3.36. The number of non-ortho nitro benzene ring substituents is 1. The maximum atomic E-state index is 12.9. The summed E-state index contributed by atoms with van der Waals surface area (Å²) >= 11 is 7.61. The quantitative estimate of drug-likeness (QED) is 0.134. The van der Waals surface area contributed by atoms with Gasteiger partial charge >= 0.3 is 5.97 Å². The van der Waals surface area contributed by atoms with E-state index in [1.54, 1.807) is 11.6 Å². The zero-order valence-electron chi connectivity index (χ0n) is 18.2. The number of hydrogen-bond acceptors (Lipinski definition) is 10. The molecule has 0 unspecified atom stereocenters. The molecular weight excluding hydrogens is 516 g/mol. The van der Waals surface area contributed by atoms with Gasteiger partial charge in [-0.2, -0.15) is 0 Å². The Morgan fingerprint density at radius 2 is 2.11 bits per heavy atom. The molecule has 0 saturated carbocycles. The second-order valence-corrected chi connectivity index (χ2v) is 9.76. The number of carboxylic acid groups (broad SMARTS) is 1. The number of carboxylic acids is 1. The molecule has 0 spiro atoms. The first-order chi connectivity index (χ1) is 16.7. The molecule has 0 aliphatic carbocycles. The molecule has 0 atom stereocenters. The van der Waals surface area contributed by atoms with Crippen LogP contribution in [0.5, 0.6) is 5.75 Å². The van der Waals surface area contributed by atoms with E-state index in [1.807, 2.05) is 0 Å². The number of nitro benzene ring substituents is 1. The van der Waals surface area contributed by atoms with Gasteiger partial charge < -0.3 is 9.84 Å². The second kappa shape index (κ2) is 12.4. The van der Waals surface area contributed by atoms with Gasteiger partial charge in [-0.1, -0.05) is 30.4 Å². The van der Waals surface area contributed by atoms with Crippen LogP contribution in [-0.2, 0) is 14.4 Å². The number of hydrogen-bond donors (Lipinski definition) is 2. The van der Waals surface area contributed by atoms with Crippen molar-refractivity contribution in [2.75, 3.05) is 18.5 Å². The van der Waals surface area contributed by atoms with Gasteiger partial charge in [-0.05, 0) is 25.0 Å². The van der Waals surface area contributed by atoms with Gasteiger partial charge in [0.05, 0.1) is 9.83 Å². The Morgan fingerprint density at radius 3 is 2.80 bits per heavy atom. The molecule has 14 heteroatoms. The molecule has 1 fully saturated rings. The molecule has 35 heavy (non-hydrogen) atoms. The van der Waals surface area contributed by atoms with Gasteiger partial charge in [-0.25, -0.2) is 4.98 Å². The highest BCUT2D eigenvalue weighted by atomic mass is 32.2. The third-order valence-electron chi connectivity index (χ3n) is 4.67. The lowest BCUT2D eigenvalue weighted by molar-refractivity contribution is -0.384. The molecule has 2 heterocycles. The Morgan fingerprint density at radius 1 is 1.31 bits per heavy atom. The topological polar surface area (TPSA) is 152 Å². The molecule has 2 aromatic rings. The van der Waals surface area contributed by atoms with Crippen molar-refractivity contribution in [3.05, 3.63) is 50.4 Å². The van der Waals surface area contributed by atoms with Gasteiger partial charge in [0.1, 0.15) is 10.1 Å². The molecule has 11 nitrogen and oxygen atoms in total. The normalized spacial score (nSPS) is 14.4. The molecule has 0 radical (unpaired) electrons. The van der Waals surface area contributed by atoms with Crippen LogP contribution in [0.25, 0.3) is 6.08 Å². The summed E-state index contributed by atoms with van der Waals surface area (Å²) in [5, 5.41) is 24.7. The summed E-state index contributed by atoms with van der Waals surface area (Å²) in [6.07, 6.45) is 4.79. The Labute approximate surface area is 213 Å². The van der Waals surface area contributed by atoms with E-state index >= 15 is 0 Å². The molecule has 0 bridgehead atoms. The minimum Gasteiger partial charge on any atom is -0.483 e. The summed E-state index contributed by atoms with van der Waals surface area (Å²) in [7, 11) is 0. The van der Waals surface area contributed by atoms with E-state index in [2.05, 4.69) is 10.3 Å². The number of carbonyl (C=O) groups excluding carboxylic acids is 2. The molecule has 2 amide bonds. The van der Waals surface area contributed by atoms with E-state index in [9.17, 15) is 24.5 Å². The van der Waals surface area contributed by atoms with Gasteiger partial charge in [0.25, 0.3) is 17.5 Å². The Bertz CT molecular complexity index is 1170. The molecule has 2 N–H and O–H groups in total. The third kappa shape index (κ3) is 7.56. The summed E-state index contributed by atoms with van der Waals surface area (Å²) in [6, 6.07) is 3.87. The minimum absolute atomic E-state index is 0.0652. The van der Waals surface area contributed by atoms with E-state index < -0.39 is 16.8 Å². The van der Waals surface area contributed by atoms with Crippen LogP contribution in [0.15, 0.2) is 34.7 Å². The number of anilines is 1. The summed E-state index contributed by atoms with van der Waals surface area (Å²) in [5.41, 5.74) is 0.0490. The number of unbranched alkanes of at least 4 members (excludes halogenated alkanes) is 2. The maximum absolute atomic E-state index is 12.9. The van der Waals surface area contributed by atoms with E-state index in [1.165, 1.54) is 40.5 Å². The van der Waals surface area contributed by atoms with Crippen molar-refractivity contribution in [3.63, 3.8) is 0 Å². The lowest BCUT2D eigenvalue weighted by Gasteiger charge is -2.14. The van der Waals surface area contributed by atoms with Crippen LogP contribution >= 0.6 is 35.3 Å². The van der Waals surface area contributed by atoms with Crippen LogP contribution in [0.4, 0.5) is 10.8 Å². The smallest absolute Gasteiger partial charge is 0.303 e. The first kappa shape index (κ1) is 26.2. The van der Waals surface area contributed by atoms with Crippen LogP contribution in [-0.4, -0.2) is 55.2 Å². The summed E-state index contributed by atoms with van der Waals surface area (Å²) < 4.78 is 5.92. The van der Waals surface area contributed by atoms with E-state index in [-0.39, 0.29) is 40.8 Å². The highest BCUT2D eigenvalue weighted by molar-refractivity contribution is 8.26. The number of aromatic nitrogens is 1. The van der Waals surface area contributed by atoms with Gasteiger partial charge in [-0.3, -0.25) is 34.7 Å². The summed E-state index contributed by atoms with van der Waals surface area (Å²) in [4.78, 5) is 52.0. The number of rotatable bonds is 12. The van der Waals surface area contributed by atoms with Crippen molar-refractivity contribution in [1.29, 1.82) is 0 Å². The van der Waals surface area contributed by atoms with Crippen molar-refractivity contribution in [2.24, 2.45) is 0 Å². The number of thiazole rings is 1. The number of benzene rings is 1. The number of aliphatic carboxylic acids is 1. The summed E-state index contributed by atoms with van der Waals surface area (Å²) in [6.45, 7) is -0.0214. The van der Waals surface area contributed by atoms with Crippen molar-refractivity contribution in [2.45, 2.75) is 25.7 Å². The van der Waals surface area contributed by atoms with Gasteiger partial charge in [0.2, 0.25) is 0 Å². The molecule has 1 aliphatic rings. The third-order valence-corrected chi connectivity index (χ3v) is 6.74. The van der Waals surface area contributed by atoms with Gasteiger partial charge in [0.15, 0.2) is 11.7 Å². The SMILES string of the molecule is O=C(O)CCCCCN1C(=O)C(=Cc2cc([N+](=O)[O-])ccc2OCC(=O)Nc2nccs2)SC1=S. The lowest BCUT2D eigenvalue weighted by atomic mass is 10.1. The largest absolute Gasteiger partial charge is 0.483 e. The average molecular weight is 537 g/mol. The predicted octanol–water partition coefficient (Wildman–Crippen LogP) is 3.92. The fraction of sp³-hybridized carbons (Fsp3) is 0.286. The maximum Gasteiger partial charge on any atom is 0.303 e. The highest BCUT2D eigenvalue weighted by Gasteiger charge is 2.32. The molecule has 1 saturated heterocycles. The van der Waals surface area contributed by atoms with Crippen LogP contribution in [0.1, 0.15) is 31.2 Å². The highest BCUT2D eigenvalue weighted by Crippen LogP contribution is 2.35. The predicted molar refractivity (Wildman–Crippen MR) is 135 cm³/mol. The van der Waals surface area contributed by atoms with Crippen molar-refractivity contribution in [3.8, 4) is 5.75 Å². The van der Waals surface area contributed by atoms with E-state index in [4.69, 9.17) is 22.1 Å². The fourth-order valence-corrected chi connectivity index (χ4v) is 4.88. The van der Waals surface area contributed by atoms with Gasteiger partial charge in [0, 0.05) is 42.2 Å². The van der Waals surface area contributed by atoms with Gasteiger partial charge in [-0.15, -0.1) is 11.3 Å². The minimum atomic E-state index is -0.866. The zero-order valence-corrected chi connectivity index (χ0v) is 20.6. The molecule has 1 aromatic heterocycles. The van der Waals surface area contributed by atoms with Crippen molar-refractivity contribution in [1.82, 2.24) is 9.88 Å². The molecule has 1 aromatic carbocycles. The first-order valence-electron chi connectivity index (χ1n) is 10.3. The van der Waals surface area contributed by atoms with E-state index in [0.29, 0.717) is 35.3 Å². The number of thioether (sulfide) groups is 1. The van der Waals surface area contributed by atoms with Crippen molar-refractivity contribution < 1.29 is 29.2 Å². The number of nitrogens with zero attached hydrogens (tertiary/aromatic N) is 3. The number of amides is 2. The number of nitrogens with one attached hydrogen (secondary N) is 1. The van der Waals surface area contributed by atoms with Crippen LogP contribution in [0.3, 0.4) is 0 Å². The van der Waals surface area contributed by atoms with Crippen LogP contribution in [0, 0.1) is 10.1 Å². The molecule has 3 rings (SSSR count). The Kier molecular flexibility index (Phi) is 9.28. The zero-order chi connectivity index (χ0) is 25.4. The molecular formula is C21H20N4O7S3. The first-order valence-corrected chi connectivity index (χ1v) is 12.4.